The van der Waals surface area contributed by atoms with Crippen molar-refractivity contribution in [3.05, 3.63) is 83.4 Å². The Morgan fingerprint density at radius 2 is 1.59 bits per heavy atom. The van der Waals surface area contributed by atoms with Gasteiger partial charge in [-0.1, -0.05) is 0 Å². The van der Waals surface area contributed by atoms with Crippen molar-refractivity contribution in [3.8, 4) is 11.5 Å². The average molecular weight is 575 g/mol. The first-order valence-corrected chi connectivity index (χ1v) is 13.9. The number of anilines is 1. The molecule has 0 saturated heterocycles. The summed E-state index contributed by atoms with van der Waals surface area (Å²) in [7, 11) is -1.09. The topological polar surface area (TPSA) is 121 Å². The number of hydrogen-bond acceptors (Lipinski definition) is 6. The maximum absolute atomic E-state index is 14.6. The van der Waals surface area contributed by atoms with Gasteiger partial charge >= 0.3 is 0 Å². The number of carbonyl (C=O) groups excluding carboxylic acids is 1. The van der Waals surface area contributed by atoms with Gasteiger partial charge in [0, 0.05) is 21.5 Å². The van der Waals surface area contributed by atoms with Crippen molar-refractivity contribution >= 4 is 49.3 Å². The Hall–Kier alpha value is -3.50. The van der Waals surface area contributed by atoms with Gasteiger partial charge in [0.25, 0.3) is 5.91 Å². The van der Waals surface area contributed by atoms with E-state index >= 15 is 0 Å². The second kappa shape index (κ2) is 14.6. The monoisotopic (exact) mass is 574 g/mol. The molecule has 0 radical (unpaired) electrons. The molecule has 3 aromatic rings. The molecule has 1 amide bonds. The molecule has 12 heteroatoms. The predicted molar refractivity (Wildman–Crippen MR) is 153 cm³/mol. The van der Waals surface area contributed by atoms with Crippen LogP contribution in [0.2, 0.25) is 0 Å². The SMILES string of the molecule is CCOP(OCC)c1ccc(NSc2ccc(Oc3c(F)cc(/C=C(\C)C(=O)N=C(N)N)cc3F)cc2)cc1. The van der Waals surface area contributed by atoms with E-state index < -0.39 is 37.6 Å². The van der Waals surface area contributed by atoms with Crippen LogP contribution in [0.15, 0.2) is 76.1 Å². The summed E-state index contributed by atoms with van der Waals surface area (Å²) in [5.41, 5.74) is 11.5. The molecule has 3 aromatic carbocycles. The molecule has 8 nitrogen and oxygen atoms in total. The van der Waals surface area contributed by atoms with Crippen molar-refractivity contribution in [1.82, 2.24) is 0 Å². The molecule has 0 aliphatic rings. The van der Waals surface area contributed by atoms with E-state index in [4.69, 9.17) is 25.3 Å². The van der Waals surface area contributed by atoms with Gasteiger partial charge in [0.1, 0.15) is 5.75 Å². The zero-order chi connectivity index (χ0) is 28.4. The maximum atomic E-state index is 14.6. The van der Waals surface area contributed by atoms with Gasteiger partial charge in [0.05, 0.1) is 13.2 Å². The number of amides is 1. The first-order chi connectivity index (χ1) is 18.7. The van der Waals surface area contributed by atoms with E-state index in [-0.39, 0.29) is 16.9 Å². The number of hydrogen-bond donors (Lipinski definition) is 3. The van der Waals surface area contributed by atoms with Gasteiger partial charge in [-0.25, -0.2) is 8.78 Å². The van der Waals surface area contributed by atoms with Crippen LogP contribution in [0.25, 0.3) is 6.08 Å². The van der Waals surface area contributed by atoms with Gasteiger partial charge in [-0.15, -0.1) is 0 Å². The number of aliphatic imine (C=N–C) groups is 1. The second-order valence-corrected chi connectivity index (χ2v) is 10.3. The summed E-state index contributed by atoms with van der Waals surface area (Å²) in [6, 6.07) is 16.6. The third kappa shape index (κ3) is 9.04. The van der Waals surface area contributed by atoms with Crippen LogP contribution in [-0.4, -0.2) is 25.1 Å². The van der Waals surface area contributed by atoms with Crippen molar-refractivity contribution in [3.63, 3.8) is 0 Å². The highest BCUT2D eigenvalue weighted by Gasteiger charge is 2.15. The molecule has 0 spiro atoms. The molecule has 39 heavy (non-hydrogen) atoms. The fourth-order valence-electron chi connectivity index (χ4n) is 3.16. The Balaban J connectivity index is 1.62. The number of carbonyl (C=O) groups is 1. The summed E-state index contributed by atoms with van der Waals surface area (Å²) in [5.74, 6) is -3.27. The number of nitrogens with zero attached hydrogens (tertiary/aromatic N) is 1. The quantitative estimate of drug-likeness (QED) is 0.0782. The molecular formula is C27H29F2N4O4PS. The summed E-state index contributed by atoms with van der Waals surface area (Å²) >= 11 is 1.37. The third-order valence-corrected chi connectivity index (χ3v) is 7.42. The fourth-order valence-corrected chi connectivity index (χ4v) is 5.04. The number of ether oxygens (including phenoxy) is 1. The Morgan fingerprint density at radius 3 is 2.13 bits per heavy atom. The molecule has 0 aliphatic carbocycles. The van der Waals surface area contributed by atoms with E-state index in [1.807, 2.05) is 38.1 Å². The minimum atomic E-state index is -1.09. The Bertz CT molecular complexity index is 1310. The first-order valence-electron chi connectivity index (χ1n) is 11.9. The largest absolute Gasteiger partial charge is 0.451 e. The summed E-state index contributed by atoms with van der Waals surface area (Å²) < 4.78 is 49.3. The molecule has 0 aromatic heterocycles. The Morgan fingerprint density at radius 1 is 1.00 bits per heavy atom. The summed E-state index contributed by atoms with van der Waals surface area (Å²) in [4.78, 5) is 16.1. The van der Waals surface area contributed by atoms with E-state index in [1.54, 1.807) is 24.3 Å². The second-order valence-electron chi connectivity index (χ2n) is 7.90. The number of nitrogens with two attached hydrogens (primary N) is 2. The number of nitrogens with one attached hydrogen (secondary N) is 1. The third-order valence-electron chi connectivity index (χ3n) is 4.87. The highest BCUT2D eigenvalue weighted by Crippen LogP contribution is 2.37. The standard InChI is InChI=1S/C27H29F2N4O4PS/c1-4-35-38(36-5-2)21-10-6-19(7-11-21)33-39-22-12-8-20(9-13-22)37-25-23(28)15-18(16-24(25)29)14-17(3)26(34)32-27(30)31/h6-16,33H,4-5H2,1-3H3,(H4,30,31,32,34)/b17-14+. The van der Waals surface area contributed by atoms with E-state index in [1.165, 1.54) is 24.9 Å². The zero-order valence-electron chi connectivity index (χ0n) is 21.6. The van der Waals surface area contributed by atoms with Crippen LogP contribution < -0.4 is 26.2 Å². The number of benzene rings is 3. The molecule has 3 rings (SSSR count). The van der Waals surface area contributed by atoms with Crippen LogP contribution in [0.1, 0.15) is 26.3 Å². The molecular weight excluding hydrogens is 545 g/mol. The van der Waals surface area contributed by atoms with Crippen LogP contribution in [0.4, 0.5) is 14.5 Å². The normalized spacial score (nSPS) is 11.4. The summed E-state index contributed by atoms with van der Waals surface area (Å²) in [6.45, 7) is 6.45. The fraction of sp³-hybridized carbons (Fsp3) is 0.185. The van der Waals surface area contributed by atoms with Crippen LogP contribution in [-0.2, 0) is 13.8 Å². The molecule has 206 valence electrons. The summed E-state index contributed by atoms with van der Waals surface area (Å²) in [6.07, 6.45) is 1.27. The van der Waals surface area contributed by atoms with Crippen LogP contribution in [0.3, 0.4) is 0 Å². The van der Waals surface area contributed by atoms with Crippen LogP contribution in [0.5, 0.6) is 11.5 Å². The molecule has 0 fully saturated rings. The van der Waals surface area contributed by atoms with Crippen molar-refractivity contribution in [2.75, 3.05) is 17.9 Å². The Kier molecular flexibility index (Phi) is 11.2. The molecule has 0 saturated carbocycles. The predicted octanol–water partition coefficient (Wildman–Crippen LogP) is 6.09. The molecule has 0 bridgehead atoms. The van der Waals surface area contributed by atoms with E-state index in [0.29, 0.717) is 13.2 Å². The number of halogens is 2. The lowest BCUT2D eigenvalue weighted by atomic mass is 10.1. The lowest BCUT2D eigenvalue weighted by Gasteiger charge is -2.16. The molecule has 0 atom stereocenters. The van der Waals surface area contributed by atoms with E-state index in [9.17, 15) is 13.6 Å². The van der Waals surface area contributed by atoms with Gasteiger partial charge in [0.15, 0.2) is 23.3 Å². The molecule has 5 N–H and O–H groups in total. The molecule has 0 aliphatic heterocycles. The average Bonchev–Trinajstić information content (AvgIpc) is 2.90. The van der Waals surface area contributed by atoms with E-state index in [0.717, 1.165) is 28.0 Å². The van der Waals surface area contributed by atoms with Gasteiger partial charge < -0.3 is 30.0 Å². The molecule has 0 heterocycles. The number of rotatable bonds is 12. The van der Waals surface area contributed by atoms with Crippen molar-refractivity contribution in [2.45, 2.75) is 25.7 Å². The van der Waals surface area contributed by atoms with Crippen LogP contribution in [0, 0.1) is 11.6 Å². The van der Waals surface area contributed by atoms with Gasteiger partial charge in [-0.05, 0) is 105 Å². The van der Waals surface area contributed by atoms with Crippen molar-refractivity contribution in [2.24, 2.45) is 16.5 Å². The molecule has 0 unspecified atom stereocenters. The smallest absolute Gasteiger partial charge is 0.275 e. The van der Waals surface area contributed by atoms with Crippen molar-refractivity contribution < 1.29 is 27.4 Å². The van der Waals surface area contributed by atoms with Crippen molar-refractivity contribution in [1.29, 1.82) is 0 Å². The number of guanidine groups is 1. The summed E-state index contributed by atoms with van der Waals surface area (Å²) in [5, 5.41) is 0.990. The lowest BCUT2D eigenvalue weighted by molar-refractivity contribution is -0.114. The minimum Gasteiger partial charge on any atom is -0.451 e. The Labute approximate surface area is 231 Å². The van der Waals surface area contributed by atoms with Gasteiger partial charge in [-0.2, -0.15) is 4.99 Å². The first kappa shape index (κ1) is 30.0. The van der Waals surface area contributed by atoms with Gasteiger partial charge in [-0.3, -0.25) is 4.79 Å². The highest BCUT2D eigenvalue weighted by molar-refractivity contribution is 8.00. The minimum absolute atomic E-state index is 0.106. The van der Waals surface area contributed by atoms with Gasteiger partial charge in [0.2, 0.25) is 8.38 Å². The highest BCUT2D eigenvalue weighted by atomic mass is 32.2. The van der Waals surface area contributed by atoms with E-state index in [2.05, 4.69) is 9.71 Å². The van der Waals surface area contributed by atoms with Crippen LogP contribution >= 0.6 is 20.3 Å². The maximum Gasteiger partial charge on any atom is 0.275 e. The zero-order valence-corrected chi connectivity index (χ0v) is 23.3. The lowest BCUT2D eigenvalue weighted by Crippen LogP contribution is -2.24.